The highest BCUT2D eigenvalue weighted by atomic mass is 127. The van der Waals surface area contributed by atoms with Crippen molar-refractivity contribution in [2.45, 2.75) is 13.1 Å². The van der Waals surface area contributed by atoms with E-state index in [1.54, 1.807) is 12.1 Å². The van der Waals surface area contributed by atoms with Gasteiger partial charge in [0.2, 0.25) is 0 Å². The summed E-state index contributed by atoms with van der Waals surface area (Å²) in [5, 5.41) is 8.99. The zero-order valence-electron chi connectivity index (χ0n) is 14.5. The summed E-state index contributed by atoms with van der Waals surface area (Å²) in [5.41, 5.74) is 3.20. The molecule has 9 heteroatoms. The van der Waals surface area contributed by atoms with Gasteiger partial charge in [-0.3, -0.25) is 9.69 Å². The average Bonchev–Trinajstić information content (AvgIpc) is 2.87. The van der Waals surface area contributed by atoms with Crippen molar-refractivity contribution in [2.24, 2.45) is 0 Å². The van der Waals surface area contributed by atoms with E-state index in [2.05, 4.69) is 33.6 Å². The normalized spacial score (nSPS) is 15.6. The Kier molecular flexibility index (Phi) is 5.69. The summed E-state index contributed by atoms with van der Waals surface area (Å²) in [6.45, 7) is 1.15. The fraction of sp³-hybridized carbons (Fsp3) is 0.222. The van der Waals surface area contributed by atoms with Gasteiger partial charge in [-0.15, -0.1) is 0 Å². The summed E-state index contributed by atoms with van der Waals surface area (Å²) in [5.74, 6) is -0.533. The van der Waals surface area contributed by atoms with Crippen LogP contribution in [0.4, 0.5) is 5.69 Å². The molecule has 1 aliphatic heterocycles. The Morgan fingerprint density at radius 1 is 1.22 bits per heavy atom. The van der Waals surface area contributed by atoms with Gasteiger partial charge in [0.25, 0.3) is 5.91 Å². The van der Waals surface area contributed by atoms with Crippen LogP contribution < -0.4 is 9.03 Å². The molecule has 0 bridgehead atoms. The third kappa shape index (κ3) is 4.58. The van der Waals surface area contributed by atoms with E-state index in [-0.39, 0.29) is 6.54 Å². The van der Waals surface area contributed by atoms with E-state index in [0.29, 0.717) is 24.3 Å². The fourth-order valence-corrected chi connectivity index (χ4v) is 5.13. The zero-order valence-corrected chi connectivity index (χ0v) is 17.5. The molecule has 1 aliphatic rings. The Labute approximate surface area is 171 Å². The number of nitriles is 1. The van der Waals surface area contributed by atoms with E-state index in [0.717, 1.165) is 19.0 Å². The number of benzene rings is 2. The first-order chi connectivity index (χ1) is 12.8. The van der Waals surface area contributed by atoms with Gasteiger partial charge in [0, 0.05) is 16.7 Å². The van der Waals surface area contributed by atoms with Crippen LogP contribution in [-0.4, -0.2) is 32.8 Å². The van der Waals surface area contributed by atoms with Crippen molar-refractivity contribution in [2.75, 3.05) is 17.9 Å². The van der Waals surface area contributed by atoms with Gasteiger partial charge in [-0.05, 0) is 65.0 Å². The van der Waals surface area contributed by atoms with Crippen LogP contribution in [0.5, 0.6) is 0 Å². The van der Waals surface area contributed by atoms with Crippen LogP contribution in [-0.2, 0) is 28.1 Å². The van der Waals surface area contributed by atoms with E-state index in [1.165, 1.54) is 0 Å². The molecule has 2 aromatic carbocycles. The molecule has 1 amide bonds. The quantitative estimate of drug-likeness (QED) is 0.640. The standard InChI is InChI=1S/C18H17IN4O3S/c1-22(10-14-4-2-3-13(7-14)9-20)11-15-5-6-17(16(19)8-15)23-12-18(24)21-27(23,25)26/h2-8H,10-12H2,1H3,(H,21,24). The molecule has 0 aromatic heterocycles. The first-order valence-corrected chi connectivity index (χ1v) is 10.6. The minimum Gasteiger partial charge on any atom is -0.298 e. The van der Waals surface area contributed by atoms with Crippen LogP contribution in [0.15, 0.2) is 42.5 Å². The van der Waals surface area contributed by atoms with Gasteiger partial charge in [0.1, 0.15) is 6.54 Å². The third-order valence-corrected chi connectivity index (χ3v) is 6.32. The smallest absolute Gasteiger partial charge is 0.298 e. The van der Waals surface area contributed by atoms with Crippen LogP contribution >= 0.6 is 22.6 Å². The van der Waals surface area contributed by atoms with Crippen molar-refractivity contribution in [3.05, 3.63) is 62.7 Å². The Hall–Kier alpha value is -2.16. The van der Waals surface area contributed by atoms with Crippen molar-refractivity contribution < 1.29 is 13.2 Å². The number of halogens is 1. The molecule has 0 spiro atoms. The van der Waals surface area contributed by atoms with Crippen LogP contribution in [0.3, 0.4) is 0 Å². The first kappa shape index (κ1) is 19.6. The summed E-state index contributed by atoms with van der Waals surface area (Å²) < 4.78 is 27.8. The van der Waals surface area contributed by atoms with E-state index in [9.17, 15) is 13.2 Å². The van der Waals surface area contributed by atoms with E-state index in [4.69, 9.17) is 5.26 Å². The van der Waals surface area contributed by atoms with Gasteiger partial charge < -0.3 is 0 Å². The van der Waals surface area contributed by atoms with Crippen molar-refractivity contribution in [1.82, 2.24) is 9.62 Å². The van der Waals surface area contributed by atoms with Gasteiger partial charge in [-0.25, -0.2) is 9.03 Å². The number of nitrogens with one attached hydrogen (secondary N) is 1. The molecule has 1 saturated heterocycles. The summed E-state index contributed by atoms with van der Waals surface area (Å²) in [4.78, 5) is 13.5. The molecular formula is C18H17IN4O3S. The molecular weight excluding hydrogens is 479 g/mol. The number of amides is 1. The predicted molar refractivity (Wildman–Crippen MR) is 110 cm³/mol. The monoisotopic (exact) mass is 496 g/mol. The van der Waals surface area contributed by atoms with E-state index in [1.807, 2.05) is 42.1 Å². The number of carbonyl (C=O) groups is 1. The fourth-order valence-electron chi connectivity index (χ4n) is 2.93. The van der Waals surface area contributed by atoms with Crippen molar-refractivity contribution in [3.63, 3.8) is 0 Å². The molecule has 0 saturated carbocycles. The molecule has 140 valence electrons. The number of hydrogen-bond donors (Lipinski definition) is 1. The van der Waals surface area contributed by atoms with Gasteiger partial charge in [0.15, 0.2) is 0 Å². The SMILES string of the molecule is CN(Cc1cccc(C#N)c1)Cc1ccc(N2CC(=O)NS2(=O)=O)c(I)c1. The molecule has 1 N–H and O–H groups in total. The largest absolute Gasteiger partial charge is 0.326 e. The summed E-state index contributed by atoms with van der Waals surface area (Å²) in [6, 6.07) is 15.1. The van der Waals surface area contributed by atoms with Gasteiger partial charge in [-0.2, -0.15) is 13.7 Å². The highest BCUT2D eigenvalue weighted by molar-refractivity contribution is 14.1. The lowest BCUT2D eigenvalue weighted by molar-refractivity contribution is -0.117. The van der Waals surface area contributed by atoms with Crippen LogP contribution in [0.1, 0.15) is 16.7 Å². The maximum Gasteiger partial charge on any atom is 0.326 e. The number of carbonyl (C=O) groups excluding carboxylic acids is 1. The van der Waals surface area contributed by atoms with E-state index >= 15 is 0 Å². The number of nitrogens with zero attached hydrogens (tertiary/aromatic N) is 3. The first-order valence-electron chi connectivity index (χ1n) is 8.08. The lowest BCUT2D eigenvalue weighted by atomic mass is 10.1. The number of rotatable bonds is 5. The minimum atomic E-state index is -3.80. The Bertz CT molecular complexity index is 1030. The zero-order chi connectivity index (χ0) is 19.6. The average molecular weight is 496 g/mol. The molecule has 3 rings (SSSR count). The molecule has 27 heavy (non-hydrogen) atoms. The number of hydrogen-bond acceptors (Lipinski definition) is 5. The third-order valence-electron chi connectivity index (χ3n) is 4.06. The van der Waals surface area contributed by atoms with Crippen molar-refractivity contribution in [1.29, 1.82) is 5.26 Å². The van der Waals surface area contributed by atoms with Crippen molar-refractivity contribution >= 4 is 44.4 Å². The Morgan fingerprint density at radius 3 is 2.52 bits per heavy atom. The second kappa shape index (κ2) is 7.84. The number of anilines is 1. The lowest BCUT2D eigenvalue weighted by Gasteiger charge is -2.20. The predicted octanol–water partition coefficient (Wildman–Crippen LogP) is 1.98. The molecule has 7 nitrogen and oxygen atoms in total. The van der Waals surface area contributed by atoms with Crippen LogP contribution in [0.2, 0.25) is 0 Å². The Morgan fingerprint density at radius 2 is 1.93 bits per heavy atom. The maximum absolute atomic E-state index is 12.0. The molecule has 1 heterocycles. The van der Waals surface area contributed by atoms with Crippen LogP contribution in [0, 0.1) is 14.9 Å². The molecule has 0 atom stereocenters. The Balaban J connectivity index is 1.72. The molecule has 1 fully saturated rings. The highest BCUT2D eigenvalue weighted by Crippen LogP contribution is 2.28. The summed E-state index contributed by atoms with van der Waals surface area (Å²) in [6.07, 6.45) is 0. The van der Waals surface area contributed by atoms with E-state index < -0.39 is 16.1 Å². The summed E-state index contributed by atoms with van der Waals surface area (Å²) >= 11 is 2.08. The lowest BCUT2D eigenvalue weighted by Crippen LogP contribution is -2.30. The van der Waals surface area contributed by atoms with Gasteiger partial charge >= 0.3 is 10.2 Å². The second-order valence-electron chi connectivity index (χ2n) is 6.31. The van der Waals surface area contributed by atoms with Crippen LogP contribution in [0.25, 0.3) is 0 Å². The van der Waals surface area contributed by atoms with Gasteiger partial charge in [-0.1, -0.05) is 18.2 Å². The molecule has 0 aliphatic carbocycles. The minimum absolute atomic E-state index is 0.202. The van der Waals surface area contributed by atoms with Gasteiger partial charge in [0.05, 0.1) is 17.3 Å². The maximum atomic E-state index is 12.0. The van der Waals surface area contributed by atoms with Crippen molar-refractivity contribution in [3.8, 4) is 6.07 Å². The molecule has 2 aromatic rings. The molecule has 0 radical (unpaired) electrons. The topological polar surface area (TPSA) is 93.5 Å². The highest BCUT2D eigenvalue weighted by Gasteiger charge is 2.34. The summed E-state index contributed by atoms with van der Waals surface area (Å²) in [7, 11) is -1.82. The molecule has 0 unspecified atom stereocenters. The second-order valence-corrected chi connectivity index (χ2v) is 9.06.